The molecular formula is C17H19N7OS. The highest BCUT2D eigenvalue weighted by Gasteiger charge is 2.21. The normalized spacial score (nSPS) is 17.3. The predicted octanol–water partition coefficient (Wildman–Crippen LogP) is 2.11. The standard InChI is InChI=1S/C17H19N7OS/c18-12-2-1-5-24(9-12)15-8-19-4-3-13(15)22-16(25)14-10-26-17(23-14)11-6-20-21-7-11/h3-4,6-8,10,12H,1-2,5,9,18H2,(H,20,21)(H,19,22,25)/t12-/m1/s1. The fraction of sp³-hybridized carbons (Fsp3) is 0.294. The van der Waals surface area contributed by atoms with Crippen LogP contribution in [0.2, 0.25) is 0 Å². The second-order valence-electron chi connectivity index (χ2n) is 6.22. The van der Waals surface area contributed by atoms with Crippen molar-refractivity contribution < 1.29 is 4.79 Å². The van der Waals surface area contributed by atoms with Crippen molar-refractivity contribution >= 4 is 28.6 Å². The number of aromatic nitrogens is 4. The summed E-state index contributed by atoms with van der Waals surface area (Å²) in [5.74, 6) is -0.246. The Kier molecular flexibility index (Phi) is 4.63. The van der Waals surface area contributed by atoms with Crippen LogP contribution in [0.1, 0.15) is 23.3 Å². The quantitative estimate of drug-likeness (QED) is 0.649. The van der Waals surface area contributed by atoms with Crippen molar-refractivity contribution in [2.45, 2.75) is 18.9 Å². The van der Waals surface area contributed by atoms with Gasteiger partial charge >= 0.3 is 0 Å². The minimum Gasteiger partial charge on any atom is -0.367 e. The Morgan fingerprint density at radius 2 is 2.35 bits per heavy atom. The van der Waals surface area contributed by atoms with Gasteiger partial charge in [0.2, 0.25) is 0 Å². The number of rotatable bonds is 4. The molecule has 0 saturated carbocycles. The molecule has 1 fully saturated rings. The minimum atomic E-state index is -0.246. The van der Waals surface area contributed by atoms with Gasteiger partial charge in [-0.05, 0) is 18.9 Å². The topological polar surface area (TPSA) is 113 Å². The summed E-state index contributed by atoms with van der Waals surface area (Å²) < 4.78 is 0. The number of carbonyl (C=O) groups is 1. The second kappa shape index (κ2) is 7.22. The number of anilines is 2. The fourth-order valence-corrected chi connectivity index (χ4v) is 3.82. The van der Waals surface area contributed by atoms with E-state index in [1.807, 2.05) is 0 Å². The third-order valence-corrected chi connectivity index (χ3v) is 5.22. The first-order chi connectivity index (χ1) is 12.7. The minimum absolute atomic E-state index is 0.142. The molecule has 8 nitrogen and oxygen atoms in total. The Hall–Kier alpha value is -2.78. The van der Waals surface area contributed by atoms with Crippen molar-refractivity contribution in [3.8, 4) is 10.6 Å². The molecule has 0 radical (unpaired) electrons. The molecule has 0 unspecified atom stereocenters. The Morgan fingerprint density at radius 3 is 3.15 bits per heavy atom. The molecule has 0 aromatic carbocycles. The van der Waals surface area contributed by atoms with E-state index in [0.717, 1.165) is 47.9 Å². The number of nitrogens with two attached hydrogens (primary N) is 1. The zero-order chi connectivity index (χ0) is 17.9. The molecule has 1 aliphatic rings. The maximum absolute atomic E-state index is 12.6. The number of carbonyl (C=O) groups excluding carboxylic acids is 1. The van der Waals surface area contributed by atoms with Gasteiger partial charge < -0.3 is 16.0 Å². The van der Waals surface area contributed by atoms with E-state index in [0.29, 0.717) is 5.69 Å². The van der Waals surface area contributed by atoms with Gasteiger partial charge in [0, 0.05) is 42.5 Å². The van der Waals surface area contributed by atoms with Crippen LogP contribution in [0.5, 0.6) is 0 Å². The maximum Gasteiger partial charge on any atom is 0.275 e. The van der Waals surface area contributed by atoms with Crippen LogP contribution in [0.3, 0.4) is 0 Å². The number of thiazole rings is 1. The Labute approximate surface area is 154 Å². The number of hydrogen-bond acceptors (Lipinski definition) is 7. The molecular weight excluding hydrogens is 350 g/mol. The first-order valence-electron chi connectivity index (χ1n) is 8.41. The fourth-order valence-electron chi connectivity index (χ4n) is 3.04. The van der Waals surface area contributed by atoms with Gasteiger partial charge in [0.1, 0.15) is 10.7 Å². The number of nitrogens with zero attached hydrogens (tertiary/aromatic N) is 4. The number of amides is 1. The molecule has 26 heavy (non-hydrogen) atoms. The summed E-state index contributed by atoms with van der Waals surface area (Å²) in [6.07, 6.45) is 8.92. The molecule has 9 heteroatoms. The molecule has 0 spiro atoms. The number of aromatic amines is 1. The van der Waals surface area contributed by atoms with Crippen molar-refractivity contribution in [2.24, 2.45) is 5.73 Å². The lowest BCUT2D eigenvalue weighted by atomic mass is 10.1. The number of pyridine rings is 1. The van der Waals surface area contributed by atoms with Crippen molar-refractivity contribution in [1.82, 2.24) is 20.2 Å². The molecule has 1 saturated heterocycles. The predicted molar refractivity (Wildman–Crippen MR) is 101 cm³/mol. The average molecular weight is 369 g/mol. The van der Waals surface area contributed by atoms with E-state index < -0.39 is 0 Å². The van der Waals surface area contributed by atoms with Crippen molar-refractivity contribution in [1.29, 1.82) is 0 Å². The molecule has 0 aliphatic carbocycles. The lowest BCUT2D eigenvalue weighted by Crippen LogP contribution is -2.43. The Bertz CT molecular complexity index is 892. The lowest BCUT2D eigenvalue weighted by molar-refractivity contribution is 0.102. The van der Waals surface area contributed by atoms with Gasteiger partial charge in [-0.3, -0.25) is 14.9 Å². The summed E-state index contributed by atoms with van der Waals surface area (Å²) in [5.41, 5.74) is 8.94. The molecule has 1 atom stereocenters. The van der Waals surface area contributed by atoms with Gasteiger partial charge in [-0.25, -0.2) is 4.98 Å². The van der Waals surface area contributed by atoms with E-state index in [4.69, 9.17) is 5.73 Å². The molecule has 4 rings (SSSR count). The zero-order valence-electron chi connectivity index (χ0n) is 14.1. The lowest BCUT2D eigenvalue weighted by Gasteiger charge is -2.33. The van der Waals surface area contributed by atoms with E-state index >= 15 is 0 Å². The Balaban J connectivity index is 1.53. The molecule has 0 bridgehead atoms. The zero-order valence-corrected chi connectivity index (χ0v) is 14.9. The molecule has 3 aromatic heterocycles. The van der Waals surface area contributed by atoms with Crippen molar-refractivity contribution in [2.75, 3.05) is 23.3 Å². The summed E-state index contributed by atoms with van der Waals surface area (Å²) in [6.45, 7) is 1.67. The van der Waals surface area contributed by atoms with Crippen LogP contribution in [-0.2, 0) is 0 Å². The summed E-state index contributed by atoms with van der Waals surface area (Å²) in [4.78, 5) is 23.4. The van der Waals surface area contributed by atoms with Crippen LogP contribution in [0.4, 0.5) is 11.4 Å². The summed E-state index contributed by atoms with van der Waals surface area (Å²) in [5, 5.41) is 12.1. The molecule has 134 valence electrons. The van der Waals surface area contributed by atoms with Gasteiger partial charge in [-0.15, -0.1) is 11.3 Å². The van der Waals surface area contributed by atoms with Crippen LogP contribution < -0.4 is 16.0 Å². The number of hydrogen-bond donors (Lipinski definition) is 3. The van der Waals surface area contributed by atoms with Crippen molar-refractivity contribution in [3.63, 3.8) is 0 Å². The van der Waals surface area contributed by atoms with Crippen LogP contribution in [-0.4, -0.2) is 45.2 Å². The molecule has 4 N–H and O–H groups in total. The maximum atomic E-state index is 12.6. The summed E-state index contributed by atoms with van der Waals surface area (Å²) in [6, 6.07) is 1.94. The average Bonchev–Trinajstić information content (AvgIpc) is 3.34. The first-order valence-corrected chi connectivity index (χ1v) is 9.29. The number of piperidine rings is 1. The van der Waals surface area contributed by atoms with E-state index in [-0.39, 0.29) is 11.9 Å². The van der Waals surface area contributed by atoms with Gasteiger partial charge in [0.25, 0.3) is 5.91 Å². The number of nitrogens with one attached hydrogen (secondary N) is 2. The molecule has 1 amide bonds. The van der Waals surface area contributed by atoms with Crippen LogP contribution >= 0.6 is 11.3 Å². The van der Waals surface area contributed by atoms with E-state index in [1.54, 1.807) is 36.2 Å². The van der Waals surface area contributed by atoms with E-state index in [1.165, 1.54) is 11.3 Å². The highest BCUT2D eigenvalue weighted by atomic mass is 32.1. The Morgan fingerprint density at radius 1 is 1.42 bits per heavy atom. The third kappa shape index (κ3) is 3.44. The van der Waals surface area contributed by atoms with Gasteiger partial charge in [0.15, 0.2) is 0 Å². The molecule has 3 aromatic rings. The van der Waals surface area contributed by atoms with Crippen LogP contribution in [0, 0.1) is 0 Å². The third-order valence-electron chi connectivity index (χ3n) is 4.33. The van der Waals surface area contributed by atoms with Crippen molar-refractivity contribution in [3.05, 3.63) is 41.9 Å². The largest absolute Gasteiger partial charge is 0.367 e. The molecule has 1 aliphatic heterocycles. The van der Waals surface area contributed by atoms with E-state index in [2.05, 4.69) is 30.4 Å². The second-order valence-corrected chi connectivity index (χ2v) is 7.08. The highest BCUT2D eigenvalue weighted by molar-refractivity contribution is 7.13. The van der Waals surface area contributed by atoms with Gasteiger partial charge in [-0.2, -0.15) is 5.10 Å². The van der Waals surface area contributed by atoms with Crippen LogP contribution in [0.15, 0.2) is 36.2 Å². The first kappa shape index (κ1) is 16.7. The number of H-pyrrole nitrogens is 1. The summed E-state index contributed by atoms with van der Waals surface area (Å²) in [7, 11) is 0. The summed E-state index contributed by atoms with van der Waals surface area (Å²) >= 11 is 1.41. The van der Waals surface area contributed by atoms with Crippen LogP contribution in [0.25, 0.3) is 10.6 Å². The van der Waals surface area contributed by atoms with Gasteiger partial charge in [0.05, 0.1) is 23.8 Å². The van der Waals surface area contributed by atoms with Gasteiger partial charge in [-0.1, -0.05) is 0 Å². The monoisotopic (exact) mass is 369 g/mol. The highest BCUT2D eigenvalue weighted by Crippen LogP contribution is 2.28. The smallest absolute Gasteiger partial charge is 0.275 e. The molecule has 4 heterocycles. The SMILES string of the molecule is N[C@@H]1CCCN(c2cnccc2NC(=O)c2csc(-c3cn[nH]c3)n2)C1. The van der Waals surface area contributed by atoms with E-state index in [9.17, 15) is 4.79 Å².